The monoisotopic (exact) mass is 337 g/mol. The summed E-state index contributed by atoms with van der Waals surface area (Å²) in [6.45, 7) is 0.338. The number of hydrogen-bond donors (Lipinski definition) is 2. The van der Waals surface area contributed by atoms with Gasteiger partial charge in [-0.3, -0.25) is 9.59 Å². The minimum atomic E-state index is -0.875. The smallest absolute Gasteiger partial charge is 0.303 e. The molecule has 0 saturated carbocycles. The van der Waals surface area contributed by atoms with Crippen molar-refractivity contribution in [3.05, 3.63) is 35.2 Å². The van der Waals surface area contributed by atoms with Crippen LogP contribution in [0, 0.1) is 0 Å². The highest BCUT2D eigenvalue weighted by Crippen LogP contribution is 2.18. The summed E-state index contributed by atoms with van der Waals surface area (Å²) < 4.78 is 5.10. The number of aryl methyl sites for hydroxylation is 1. The Hall–Kier alpha value is -2.41. The fourth-order valence-corrected chi connectivity index (χ4v) is 1.97. The average Bonchev–Trinajstić information content (AvgIpc) is 2.99. The van der Waals surface area contributed by atoms with Gasteiger partial charge in [-0.1, -0.05) is 16.8 Å². The van der Waals surface area contributed by atoms with E-state index in [4.69, 9.17) is 21.2 Å². The first-order chi connectivity index (χ1) is 11.0. The molecule has 2 aromatic rings. The van der Waals surface area contributed by atoms with Crippen molar-refractivity contribution in [2.75, 3.05) is 6.54 Å². The molecule has 0 radical (unpaired) electrons. The van der Waals surface area contributed by atoms with E-state index in [9.17, 15) is 9.59 Å². The minimum absolute atomic E-state index is 0.0361. The van der Waals surface area contributed by atoms with Crippen LogP contribution >= 0.6 is 11.6 Å². The van der Waals surface area contributed by atoms with E-state index in [1.54, 1.807) is 24.3 Å². The second kappa shape index (κ2) is 8.28. The van der Waals surface area contributed by atoms with E-state index in [0.29, 0.717) is 36.1 Å². The number of aliphatic carboxylic acids is 1. The van der Waals surface area contributed by atoms with E-state index in [-0.39, 0.29) is 18.7 Å². The van der Waals surface area contributed by atoms with Crippen molar-refractivity contribution in [3.63, 3.8) is 0 Å². The summed E-state index contributed by atoms with van der Waals surface area (Å²) >= 11 is 5.82. The summed E-state index contributed by atoms with van der Waals surface area (Å²) in [5, 5.41) is 15.6. The zero-order chi connectivity index (χ0) is 16.7. The van der Waals surface area contributed by atoms with Crippen LogP contribution in [-0.4, -0.2) is 33.7 Å². The van der Waals surface area contributed by atoms with Gasteiger partial charge in [0, 0.05) is 36.4 Å². The van der Waals surface area contributed by atoms with Crippen molar-refractivity contribution in [1.29, 1.82) is 0 Å². The summed E-state index contributed by atoms with van der Waals surface area (Å²) in [4.78, 5) is 26.2. The van der Waals surface area contributed by atoms with E-state index in [1.807, 2.05) is 0 Å². The van der Waals surface area contributed by atoms with Gasteiger partial charge in [0.1, 0.15) is 0 Å². The van der Waals surface area contributed by atoms with Crippen LogP contribution in [0.3, 0.4) is 0 Å². The average molecular weight is 338 g/mol. The molecule has 8 heteroatoms. The molecule has 0 aliphatic heterocycles. The van der Waals surface area contributed by atoms with Gasteiger partial charge < -0.3 is 14.9 Å². The summed E-state index contributed by atoms with van der Waals surface area (Å²) in [5.74, 6) is -0.240. The first-order valence-electron chi connectivity index (χ1n) is 7.11. The van der Waals surface area contributed by atoms with E-state index >= 15 is 0 Å². The number of halogens is 1. The van der Waals surface area contributed by atoms with Crippen molar-refractivity contribution in [1.82, 2.24) is 15.5 Å². The SMILES string of the molecule is O=C(O)CCCNC(=O)CCc1nc(-c2ccc(Cl)cc2)no1. The zero-order valence-corrected chi connectivity index (χ0v) is 13.0. The molecule has 0 spiro atoms. The highest BCUT2D eigenvalue weighted by Gasteiger charge is 2.10. The van der Waals surface area contributed by atoms with Gasteiger partial charge in [-0.05, 0) is 30.7 Å². The van der Waals surface area contributed by atoms with Gasteiger partial charge in [-0.2, -0.15) is 4.98 Å². The molecule has 0 saturated heterocycles. The summed E-state index contributed by atoms with van der Waals surface area (Å²) in [6, 6.07) is 7.03. The number of carboxylic acids is 1. The molecule has 1 aromatic carbocycles. The second-order valence-corrected chi connectivity index (χ2v) is 5.30. The van der Waals surface area contributed by atoms with E-state index in [2.05, 4.69) is 15.5 Å². The van der Waals surface area contributed by atoms with Gasteiger partial charge >= 0.3 is 5.97 Å². The molecule has 0 aliphatic rings. The number of nitrogens with one attached hydrogen (secondary N) is 1. The first-order valence-corrected chi connectivity index (χ1v) is 7.49. The molecule has 0 aliphatic carbocycles. The fourth-order valence-electron chi connectivity index (χ4n) is 1.85. The number of aromatic nitrogens is 2. The number of carbonyl (C=O) groups excluding carboxylic acids is 1. The summed E-state index contributed by atoms with van der Waals surface area (Å²) in [6.07, 6.45) is 0.970. The molecular weight excluding hydrogens is 322 g/mol. The lowest BCUT2D eigenvalue weighted by molar-refractivity contribution is -0.137. The number of carboxylic acid groups (broad SMARTS) is 1. The van der Waals surface area contributed by atoms with Crippen LogP contribution in [0.4, 0.5) is 0 Å². The molecule has 0 atom stereocenters. The maximum absolute atomic E-state index is 11.6. The minimum Gasteiger partial charge on any atom is -0.481 e. The Kier molecular flexibility index (Phi) is 6.10. The summed E-state index contributed by atoms with van der Waals surface area (Å²) in [5.41, 5.74) is 0.780. The maximum Gasteiger partial charge on any atom is 0.303 e. The Labute approximate surface area is 137 Å². The Morgan fingerprint density at radius 2 is 1.96 bits per heavy atom. The first kappa shape index (κ1) is 17.0. The van der Waals surface area contributed by atoms with Crippen LogP contribution in [0.25, 0.3) is 11.4 Å². The van der Waals surface area contributed by atoms with Gasteiger partial charge in [0.2, 0.25) is 17.6 Å². The third-order valence-electron chi connectivity index (χ3n) is 3.03. The molecule has 1 aromatic heterocycles. The van der Waals surface area contributed by atoms with Crippen LogP contribution in [0.5, 0.6) is 0 Å². The quantitative estimate of drug-likeness (QED) is 0.716. The van der Waals surface area contributed by atoms with Crippen LogP contribution in [-0.2, 0) is 16.0 Å². The second-order valence-electron chi connectivity index (χ2n) is 4.87. The lowest BCUT2D eigenvalue weighted by Crippen LogP contribution is -2.25. The van der Waals surface area contributed by atoms with Crippen LogP contribution in [0.15, 0.2) is 28.8 Å². The molecule has 1 heterocycles. The molecule has 0 unspecified atom stereocenters. The molecule has 2 rings (SSSR count). The van der Waals surface area contributed by atoms with Crippen molar-refractivity contribution >= 4 is 23.5 Å². The third-order valence-corrected chi connectivity index (χ3v) is 3.28. The fraction of sp³-hybridized carbons (Fsp3) is 0.333. The molecule has 7 nitrogen and oxygen atoms in total. The van der Waals surface area contributed by atoms with Gasteiger partial charge in [-0.25, -0.2) is 0 Å². The van der Waals surface area contributed by atoms with Gasteiger partial charge in [-0.15, -0.1) is 0 Å². The van der Waals surface area contributed by atoms with Crippen LogP contribution in [0.2, 0.25) is 5.02 Å². The Bertz CT molecular complexity index is 670. The Morgan fingerprint density at radius 1 is 1.22 bits per heavy atom. The molecule has 122 valence electrons. The lowest BCUT2D eigenvalue weighted by Gasteiger charge is -2.02. The van der Waals surface area contributed by atoms with Gasteiger partial charge in [0.25, 0.3) is 0 Å². The van der Waals surface area contributed by atoms with Crippen molar-refractivity contribution in [2.24, 2.45) is 0 Å². The number of rotatable bonds is 8. The van der Waals surface area contributed by atoms with E-state index in [0.717, 1.165) is 5.56 Å². The van der Waals surface area contributed by atoms with Gasteiger partial charge in [0.15, 0.2) is 0 Å². The van der Waals surface area contributed by atoms with Crippen molar-refractivity contribution in [2.45, 2.75) is 25.7 Å². The highest BCUT2D eigenvalue weighted by molar-refractivity contribution is 6.30. The molecule has 1 amide bonds. The number of benzene rings is 1. The van der Waals surface area contributed by atoms with Crippen LogP contribution in [0.1, 0.15) is 25.2 Å². The standard InChI is InChI=1S/C15H16ClN3O4/c16-11-5-3-10(4-6-11)15-18-13(23-19-15)8-7-12(20)17-9-1-2-14(21)22/h3-6H,1-2,7-9H2,(H,17,20)(H,21,22). The number of nitrogens with zero attached hydrogens (tertiary/aromatic N) is 2. The molecule has 0 bridgehead atoms. The topological polar surface area (TPSA) is 105 Å². The van der Waals surface area contributed by atoms with E-state index < -0.39 is 5.97 Å². The van der Waals surface area contributed by atoms with Crippen LogP contribution < -0.4 is 5.32 Å². The molecule has 0 fully saturated rings. The van der Waals surface area contributed by atoms with Crippen molar-refractivity contribution in [3.8, 4) is 11.4 Å². The summed E-state index contributed by atoms with van der Waals surface area (Å²) in [7, 11) is 0. The maximum atomic E-state index is 11.6. The lowest BCUT2D eigenvalue weighted by atomic mass is 10.2. The van der Waals surface area contributed by atoms with Crippen molar-refractivity contribution < 1.29 is 19.2 Å². The third kappa shape index (κ3) is 5.71. The molecule has 23 heavy (non-hydrogen) atoms. The number of carbonyl (C=O) groups is 2. The normalized spacial score (nSPS) is 10.5. The predicted molar refractivity (Wildman–Crippen MR) is 82.9 cm³/mol. The predicted octanol–water partition coefficient (Wildman–Crippen LogP) is 2.30. The van der Waals surface area contributed by atoms with Gasteiger partial charge in [0.05, 0.1) is 0 Å². The molecule has 2 N–H and O–H groups in total. The Balaban J connectivity index is 1.77. The highest BCUT2D eigenvalue weighted by atomic mass is 35.5. The van der Waals surface area contributed by atoms with E-state index in [1.165, 1.54) is 0 Å². The number of amides is 1. The largest absolute Gasteiger partial charge is 0.481 e. The number of hydrogen-bond acceptors (Lipinski definition) is 5. The zero-order valence-electron chi connectivity index (χ0n) is 12.3. The Morgan fingerprint density at radius 3 is 2.65 bits per heavy atom. The molecular formula is C15H16ClN3O4.